The van der Waals surface area contributed by atoms with Crippen molar-refractivity contribution in [1.29, 1.82) is 5.26 Å². The maximum absolute atomic E-state index is 12.7. The van der Waals surface area contributed by atoms with E-state index >= 15 is 0 Å². The number of hydrogen-bond acceptors (Lipinski definition) is 5. The summed E-state index contributed by atoms with van der Waals surface area (Å²) in [5.74, 6) is 0.163. The van der Waals surface area contributed by atoms with E-state index in [9.17, 15) is 14.9 Å². The molecule has 5 nitrogen and oxygen atoms in total. The third-order valence-electron chi connectivity index (χ3n) is 4.77. The van der Waals surface area contributed by atoms with E-state index in [-0.39, 0.29) is 18.1 Å². The zero-order chi connectivity index (χ0) is 18.5. The first-order chi connectivity index (χ1) is 12.4. The minimum Gasteiger partial charge on any atom is -0.487 e. The number of nitriles is 1. The van der Waals surface area contributed by atoms with Gasteiger partial charge < -0.3 is 10.1 Å². The molecular formula is C20H18N2O3S. The number of anilines is 1. The summed E-state index contributed by atoms with van der Waals surface area (Å²) < 4.78 is 5.83. The summed E-state index contributed by atoms with van der Waals surface area (Å²) >= 11 is 1.48. The number of carbonyl (C=O) groups excluding carboxylic acids is 2. The van der Waals surface area contributed by atoms with Gasteiger partial charge in [-0.1, -0.05) is 0 Å². The van der Waals surface area contributed by atoms with Crippen LogP contribution in [0.3, 0.4) is 0 Å². The number of Topliss-reactive ketones (excluding diaryl/α,β-unsaturated/α-hetero) is 1. The van der Waals surface area contributed by atoms with E-state index in [1.165, 1.54) is 16.2 Å². The smallest absolute Gasteiger partial charge is 0.256 e. The molecule has 1 N–H and O–H groups in total. The fourth-order valence-corrected chi connectivity index (χ4v) is 4.81. The van der Waals surface area contributed by atoms with Crippen molar-refractivity contribution in [2.75, 3.05) is 5.32 Å². The number of ether oxygens (including phenoxy) is 1. The molecule has 0 atom stereocenters. The molecule has 132 valence electrons. The number of benzene rings is 1. The third kappa shape index (κ3) is 2.78. The number of amides is 1. The number of carbonyl (C=O) groups is 2. The van der Waals surface area contributed by atoms with Crippen LogP contribution in [-0.4, -0.2) is 17.3 Å². The van der Waals surface area contributed by atoms with E-state index in [0.717, 1.165) is 24.8 Å². The monoisotopic (exact) mass is 366 g/mol. The van der Waals surface area contributed by atoms with Gasteiger partial charge in [0.15, 0.2) is 5.78 Å². The average molecular weight is 366 g/mol. The Balaban J connectivity index is 1.62. The molecule has 0 bridgehead atoms. The van der Waals surface area contributed by atoms with Gasteiger partial charge in [-0.05, 0) is 56.9 Å². The molecule has 0 unspecified atom stereocenters. The Bertz CT molecular complexity index is 982. The van der Waals surface area contributed by atoms with E-state index < -0.39 is 5.60 Å². The first-order valence-corrected chi connectivity index (χ1v) is 9.42. The summed E-state index contributed by atoms with van der Waals surface area (Å²) in [5.41, 5.74) is 1.94. The van der Waals surface area contributed by atoms with Gasteiger partial charge >= 0.3 is 0 Å². The largest absolute Gasteiger partial charge is 0.487 e. The maximum atomic E-state index is 12.7. The number of rotatable bonds is 2. The molecule has 2 aromatic rings. The normalized spacial score (nSPS) is 17.0. The Morgan fingerprint density at radius 2 is 2.15 bits per heavy atom. The lowest BCUT2D eigenvalue weighted by Crippen LogP contribution is -2.36. The highest BCUT2D eigenvalue weighted by Crippen LogP contribution is 2.39. The van der Waals surface area contributed by atoms with Crippen LogP contribution in [0.1, 0.15) is 63.4 Å². The van der Waals surface area contributed by atoms with Gasteiger partial charge in [-0.25, -0.2) is 0 Å². The van der Waals surface area contributed by atoms with E-state index in [0.29, 0.717) is 27.4 Å². The molecule has 0 saturated carbocycles. The Kier molecular flexibility index (Phi) is 3.85. The predicted molar refractivity (Wildman–Crippen MR) is 99.1 cm³/mol. The van der Waals surface area contributed by atoms with Gasteiger partial charge in [0.05, 0.1) is 17.5 Å². The quantitative estimate of drug-likeness (QED) is 0.868. The number of aryl methyl sites for hydroxylation is 1. The van der Waals surface area contributed by atoms with E-state index in [1.807, 2.05) is 13.8 Å². The lowest BCUT2D eigenvalue weighted by molar-refractivity contribution is 0.0620. The van der Waals surface area contributed by atoms with Gasteiger partial charge in [0, 0.05) is 10.4 Å². The summed E-state index contributed by atoms with van der Waals surface area (Å²) in [5, 5.41) is 12.9. The molecule has 2 aliphatic rings. The van der Waals surface area contributed by atoms with Crippen molar-refractivity contribution in [1.82, 2.24) is 0 Å². The van der Waals surface area contributed by atoms with Gasteiger partial charge in [-0.3, -0.25) is 9.59 Å². The summed E-state index contributed by atoms with van der Waals surface area (Å²) in [6, 6.07) is 7.12. The Labute approximate surface area is 155 Å². The second-order valence-corrected chi connectivity index (χ2v) is 8.41. The Hall–Kier alpha value is -2.65. The molecule has 6 heteroatoms. The Morgan fingerprint density at radius 3 is 2.92 bits per heavy atom. The molecule has 1 aromatic carbocycles. The zero-order valence-electron chi connectivity index (χ0n) is 14.6. The van der Waals surface area contributed by atoms with Crippen LogP contribution in [0.2, 0.25) is 0 Å². The highest BCUT2D eigenvalue weighted by atomic mass is 32.1. The fraction of sp³-hybridized carbons (Fsp3) is 0.350. The summed E-state index contributed by atoms with van der Waals surface area (Å²) in [7, 11) is 0. The molecule has 1 aliphatic carbocycles. The summed E-state index contributed by atoms with van der Waals surface area (Å²) in [6.45, 7) is 3.74. The van der Waals surface area contributed by atoms with Crippen molar-refractivity contribution < 1.29 is 14.3 Å². The van der Waals surface area contributed by atoms with Gasteiger partial charge in [-0.15, -0.1) is 11.3 Å². The number of nitrogens with zero attached hydrogens (tertiary/aromatic N) is 1. The van der Waals surface area contributed by atoms with Crippen molar-refractivity contribution in [3.05, 3.63) is 45.3 Å². The minimum absolute atomic E-state index is 0.0290. The van der Waals surface area contributed by atoms with Crippen LogP contribution >= 0.6 is 11.3 Å². The van der Waals surface area contributed by atoms with E-state index in [2.05, 4.69) is 11.4 Å². The van der Waals surface area contributed by atoms with Crippen LogP contribution in [-0.2, 0) is 12.8 Å². The maximum Gasteiger partial charge on any atom is 0.256 e. The van der Waals surface area contributed by atoms with Crippen molar-refractivity contribution >= 4 is 28.0 Å². The first kappa shape index (κ1) is 16.8. The molecule has 0 radical (unpaired) electrons. The molecular weight excluding hydrogens is 348 g/mol. The van der Waals surface area contributed by atoms with E-state index in [1.54, 1.807) is 18.2 Å². The van der Waals surface area contributed by atoms with Crippen molar-refractivity contribution in [3.63, 3.8) is 0 Å². The predicted octanol–water partition coefficient (Wildman–Crippen LogP) is 4.10. The lowest BCUT2D eigenvalue weighted by atomic mass is 9.92. The standard InChI is InChI=1S/C20H18N2O3S/c1-20(2)9-15(23)13-8-11(6-7-16(13)25-20)18(24)22-19-14(10-21)12-4-3-5-17(12)26-19/h6-8H,3-5,9H2,1-2H3,(H,22,24). The summed E-state index contributed by atoms with van der Waals surface area (Å²) in [6.07, 6.45) is 3.20. The topological polar surface area (TPSA) is 79.2 Å². The molecule has 26 heavy (non-hydrogen) atoms. The van der Waals surface area contributed by atoms with Crippen LogP contribution in [0.25, 0.3) is 0 Å². The summed E-state index contributed by atoms with van der Waals surface area (Å²) in [4.78, 5) is 26.2. The molecule has 4 rings (SSSR count). The number of thiophene rings is 1. The molecule has 0 saturated heterocycles. The molecule has 2 heterocycles. The number of fused-ring (bicyclic) bond motifs is 2. The molecule has 1 amide bonds. The number of ketones is 1. The SMILES string of the molecule is CC1(C)CC(=O)c2cc(C(=O)Nc3sc4c(c3C#N)CCC4)ccc2O1. The van der Waals surface area contributed by atoms with Crippen molar-refractivity contribution in [2.24, 2.45) is 0 Å². The highest BCUT2D eigenvalue weighted by Gasteiger charge is 2.33. The van der Waals surface area contributed by atoms with Crippen molar-refractivity contribution in [3.8, 4) is 11.8 Å². The van der Waals surface area contributed by atoms with Gasteiger partial charge in [0.2, 0.25) is 0 Å². The lowest BCUT2D eigenvalue weighted by Gasteiger charge is -2.31. The van der Waals surface area contributed by atoms with Crippen LogP contribution in [0, 0.1) is 11.3 Å². The molecule has 1 aromatic heterocycles. The third-order valence-corrected chi connectivity index (χ3v) is 5.98. The first-order valence-electron chi connectivity index (χ1n) is 8.60. The van der Waals surface area contributed by atoms with Crippen LogP contribution in [0.15, 0.2) is 18.2 Å². The second kappa shape index (κ2) is 5.96. The molecule has 1 aliphatic heterocycles. The van der Waals surface area contributed by atoms with E-state index in [4.69, 9.17) is 4.74 Å². The van der Waals surface area contributed by atoms with Crippen LogP contribution in [0.5, 0.6) is 5.75 Å². The second-order valence-electron chi connectivity index (χ2n) is 7.30. The zero-order valence-corrected chi connectivity index (χ0v) is 15.5. The molecule has 0 spiro atoms. The molecule has 0 fully saturated rings. The van der Waals surface area contributed by atoms with Crippen LogP contribution in [0.4, 0.5) is 5.00 Å². The number of hydrogen-bond donors (Lipinski definition) is 1. The average Bonchev–Trinajstić information content (AvgIpc) is 3.13. The highest BCUT2D eigenvalue weighted by molar-refractivity contribution is 7.16. The minimum atomic E-state index is -0.535. The van der Waals surface area contributed by atoms with Gasteiger partial charge in [0.1, 0.15) is 22.4 Å². The Morgan fingerprint density at radius 1 is 1.35 bits per heavy atom. The van der Waals surface area contributed by atoms with Gasteiger partial charge in [0.25, 0.3) is 5.91 Å². The van der Waals surface area contributed by atoms with Crippen molar-refractivity contribution in [2.45, 2.75) is 45.1 Å². The van der Waals surface area contributed by atoms with Gasteiger partial charge in [-0.2, -0.15) is 5.26 Å². The fourth-order valence-electron chi connectivity index (χ4n) is 3.58. The number of nitrogens with one attached hydrogen (secondary N) is 1. The van der Waals surface area contributed by atoms with Crippen LogP contribution < -0.4 is 10.1 Å².